The summed E-state index contributed by atoms with van der Waals surface area (Å²) < 4.78 is 18.3. The van der Waals surface area contributed by atoms with Gasteiger partial charge >= 0.3 is 11.8 Å². The number of amides is 2. The molecule has 1 aromatic heterocycles. The molecule has 10 heteroatoms. The van der Waals surface area contributed by atoms with Gasteiger partial charge in [-0.3, -0.25) is 14.5 Å². The first-order valence-corrected chi connectivity index (χ1v) is 10.4. The summed E-state index contributed by atoms with van der Waals surface area (Å²) in [5.74, 6) is 0.139. The van der Waals surface area contributed by atoms with Crippen LogP contribution in [0.2, 0.25) is 0 Å². The lowest BCUT2D eigenvalue weighted by molar-refractivity contribution is -0.139. The Balaban J connectivity index is 1.31. The van der Waals surface area contributed by atoms with Crippen molar-refractivity contribution in [3.63, 3.8) is 0 Å². The highest BCUT2D eigenvalue weighted by Crippen LogP contribution is 2.35. The Kier molecular flexibility index (Phi) is 7.00. The summed E-state index contributed by atoms with van der Waals surface area (Å²) in [6.07, 6.45) is 5.99. The number of hydrogen-bond acceptors (Lipinski definition) is 7. The van der Waals surface area contributed by atoms with Gasteiger partial charge < -0.3 is 29.4 Å². The van der Waals surface area contributed by atoms with Crippen molar-refractivity contribution in [2.75, 3.05) is 46.2 Å². The number of fused-ring (bicyclic) bond motifs is 1. The number of benzene rings is 1. The van der Waals surface area contributed by atoms with E-state index in [0.717, 1.165) is 25.2 Å². The molecule has 0 radical (unpaired) electrons. The molecule has 166 valence electrons. The average molecular weight is 429 g/mol. The van der Waals surface area contributed by atoms with Crippen molar-refractivity contribution in [2.24, 2.45) is 0 Å². The van der Waals surface area contributed by atoms with E-state index in [1.807, 2.05) is 29.0 Å². The van der Waals surface area contributed by atoms with Gasteiger partial charge in [0.05, 0.1) is 25.6 Å². The van der Waals surface area contributed by atoms with Crippen LogP contribution in [0.1, 0.15) is 18.0 Å². The van der Waals surface area contributed by atoms with Gasteiger partial charge in [0.15, 0.2) is 11.5 Å². The zero-order valence-corrected chi connectivity index (χ0v) is 17.3. The van der Waals surface area contributed by atoms with Crippen LogP contribution in [0, 0.1) is 0 Å². The number of carbonyl (C=O) groups is 2. The Morgan fingerprint density at radius 1 is 1.10 bits per heavy atom. The highest BCUT2D eigenvalue weighted by Gasteiger charge is 2.26. The predicted octanol–water partition coefficient (Wildman–Crippen LogP) is 0.308. The van der Waals surface area contributed by atoms with Crippen LogP contribution in [-0.2, 0) is 20.9 Å². The topological polar surface area (TPSA) is 107 Å². The SMILES string of the molecule is O=C(NCCCn1ccnc1)C(=O)NCC(c1ccc2c(c1)OCO2)N1CCOCC1. The molecule has 1 atom stereocenters. The second-order valence-corrected chi connectivity index (χ2v) is 7.40. The summed E-state index contributed by atoms with van der Waals surface area (Å²) in [4.78, 5) is 30.7. The van der Waals surface area contributed by atoms with E-state index in [2.05, 4.69) is 20.5 Å². The molecule has 0 saturated carbocycles. The van der Waals surface area contributed by atoms with E-state index in [4.69, 9.17) is 14.2 Å². The van der Waals surface area contributed by atoms with Gasteiger partial charge in [0.1, 0.15) is 0 Å². The van der Waals surface area contributed by atoms with Crippen molar-refractivity contribution in [2.45, 2.75) is 19.0 Å². The Morgan fingerprint density at radius 3 is 2.71 bits per heavy atom. The second kappa shape index (κ2) is 10.3. The Hall–Kier alpha value is -3.11. The molecule has 2 amide bonds. The molecule has 1 unspecified atom stereocenters. The Labute approximate surface area is 180 Å². The molecule has 1 saturated heterocycles. The fraction of sp³-hybridized carbons (Fsp3) is 0.476. The highest BCUT2D eigenvalue weighted by molar-refractivity contribution is 6.35. The molecule has 1 aromatic carbocycles. The van der Waals surface area contributed by atoms with Crippen LogP contribution < -0.4 is 20.1 Å². The number of morpholine rings is 1. The minimum atomic E-state index is -0.637. The number of aryl methyl sites for hydroxylation is 1. The minimum absolute atomic E-state index is 0.101. The third-order valence-electron chi connectivity index (χ3n) is 5.37. The highest BCUT2D eigenvalue weighted by atomic mass is 16.7. The van der Waals surface area contributed by atoms with Gasteiger partial charge in [-0.1, -0.05) is 6.07 Å². The fourth-order valence-electron chi connectivity index (χ4n) is 3.70. The fourth-order valence-corrected chi connectivity index (χ4v) is 3.70. The van der Waals surface area contributed by atoms with E-state index in [-0.39, 0.29) is 12.8 Å². The molecular formula is C21H27N5O5. The summed E-state index contributed by atoms with van der Waals surface area (Å²) in [5, 5.41) is 5.45. The van der Waals surface area contributed by atoms with E-state index in [1.165, 1.54) is 0 Å². The third kappa shape index (κ3) is 5.53. The Bertz CT molecular complexity index is 882. The Morgan fingerprint density at radius 2 is 1.90 bits per heavy atom. The molecular weight excluding hydrogens is 402 g/mol. The van der Waals surface area contributed by atoms with Crippen LogP contribution in [0.5, 0.6) is 11.5 Å². The lowest BCUT2D eigenvalue weighted by Gasteiger charge is -2.34. The predicted molar refractivity (Wildman–Crippen MR) is 111 cm³/mol. The molecule has 2 aromatic rings. The van der Waals surface area contributed by atoms with E-state index in [9.17, 15) is 9.59 Å². The van der Waals surface area contributed by atoms with Crippen molar-refractivity contribution < 1.29 is 23.8 Å². The van der Waals surface area contributed by atoms with E-state index >= 15 is 0 Å². The number of ether oxygens (including phenoxy) is 3. The van der Waals surface area contributed by atoms with E-state index in [1.54, 1.807) is 12.5 Å². The molecule has 0 aliphatic carbocycles. The summed E-state index contributed by atoms with van der Waals surface area (Å²) in [5.41, 5.74) is 0.993. The first-order chi connectivity index (χ1) is 15.2. The zero-order valence-electron chi connectivity index (χ0n) is 17.3. The lowest BCUT2D eigenvalue weighted by atomic mass is 10.0. The molecule has 2 aliphatic rings. The maximum absolute atomic E-state index is 12.3. The number of aromatic nitrogens is 2. The average Bonchev–Trinajstić information content (AvgIpc) is 3.49. The minimum Gasteiger partial charge on any atom is -0.454 e. The molecule has 0 bridgehead atoms. The smallest absolute Gasteiger partial charge is 0.309 e. The molecule has 2 aliphatic heterocycles. The van der Waals surface area contributed by atoms with Crippen LogP contribution in [-0.4, -0.2) is 72.5 Å². The standard InChI is InChI=1S/C21H27N5O5/c27-20(23-4-1-6-25-7-5-22-14-25)21(28)24-13-17(26-8-10-29-11-9-26)16-2-3-18-19(12-16)31-15-30-18/h2-3,5,7,12,14,17H,1,4,6,8-11,13,15H2,(H,23,27)(H,24,28). The molecule has 0 spiro atoms. The van der Waals surface area contributed by atoms with E-state index in [0.29, 0.717) is 44.2 Å². The number of imidazole rings is 1. The maximum Gasteiger partial charge on any atom is 0.309 e. The first kappa shape index (κ1) is 21.1. The van der Waals surface area contributed by atoms with Crippen LogP contribution in [0.4, 0.5) is 0 Å². The molecule has 1 fully saturated rings. The molecule has 3 heterocycles. The lowest BCUT2D eigenvalue weighted by Crippen LogP contribution is -2.46. The summed E-state index contributed by atoms with van der Waals surface area (Å²) in [7, 11) is 0. The van der Waals surface area contributed by atoms with Crippen molar-refractivity contribution in [1.82, 2.24) is 25.1 Å². The number of nitrogens with one attached hydrogen (secondary N) is 2. The van der Waals surface area contributed by atoms with Crippen molar-refractivity contribution in [1.29, 1.82) is 0 Å². The van der Waals surface area contributed by atoms with Crippen LogP contribution in [0.25, 0.3) is 0 Å². The summed E-state index contributed by atoms with van der Waals surface area (Å²) in [6.45, 7) is 4.41. The van der Waals surface area contributed by atoms with Gasteiger partial charge in [-0.25, -0.2) is 4.98 Å². The van der Waals surface area contributed by atoms with Gasteiger partial charge in [0.2, 0.25) is 6.79 Å². The van der Waals surface area contributed by atoms with Gasteiger partial charge in [-0.2, -0.15) is 0 Å². The summed E-state index contributed by atoms with van der Waals surface area (Å²) >= 11 is 0. The largest absolute Gasteiger partial charge is 0.454 e. The van der Waals surface area contributed by atoms with Gasteiger partial charge in [-0.15, -0.1) is 0 Å². The monoisotopic (exact) mass is 429 g/mol. The zero-order chi connectivity index (χ0) is 21.5. The molecule has 4 rings (SSSR count). The number of carbonyl (C=O) groups excluding carboxylic acids is 2. The summed E-state index contributed by atoms with van der Waals surface area (Å²) in [6, 6.07) is 5.68. The van der Waals surface area contributed by atoms with Crippen molar-refractivity contribution >= 4 is 11.8 Å². The van der Waals surface area contributed by atoms with Crippen molar-refractivity contribution in [3.8, 4) is 11.5 Å². The number of hydrogen-bond donors (Lipinski definition) is 2. The maximum atomic E-state index is 12.3. The van der Waals surface area contributed by atoms with Gasteiger partial charge in [0.25, 0.3) is 0 Å². The van der Waals surface area contributed by atoms with Gasteiger partial charge in [-0.05, 0) is 24.1 Å². The molecule has 2 N–H and O–H groups in total. The second-order valence-electron chi connectivity index (χ2n) is 7.40. The third-order valence-corrected chi connectivity index (χ3v) is 5.37. The number of rotatable bonds is 8. The van der Waals surface area contributed by atoms with Gasteiger partial charge in [0, 0.05) is 45.1 Å². The molecule has 31 heavy (non-hydrogen) atoms. The van der Waals surface area contributed by atoms with Crippen LogP contribution in [0.3, 0.4) is 0 Å². The van der Waals surface area contributed by atoms with Crippen molar-refractivity contribution in [3.05, 3.63) is 42.5 Å². The van der Waals surface area contributed by atoms with Crippen LogP contribution in [0.15, 0.2) is 36.9 Å². The molecule has 10 nitrogen and oxygen atoms in total. The first-order valence-electron chi connectivity index (χ1n) is 10.4. The quantitative estimate of drug-likeness (QED) is 0.459. The number of nitrogens with zero attached hydrogens (tertiary/aromatic N) is 3. The van der Waals surface area contributed by atoms with E-state index < -0.39 is 11.8 Å². The van der Waals surface area contributed by atoms with Crippen LogP contribution >= 0.6 is 0 Å². The normalized spacial score (nSPS) is 16.6.